The summed E-state index contributed by atoms with van der Waals surface area (Å²) >= 11 is 0. The molecule has 8 heteroatoms. The molecule has 3 rings (SSSR count). The first-order chi connectivity index (χ1) is 16.5. The molecule has 0 spiro atoms. The van der Waals surface area contributed by atoms with Crippen LogP contribution in [0.2, 0.25) is 0 Å². The van der Waals surface area contributed by atoms with E-state index < -0.39 is 17.9 Å². The fourth-order valence-corrected chi connectivity index (χ4v) is 3.05. The zero-order chi connectivity index (χ0) is 24.3. The smallest absolute Gasteiger partial charge is 0.262 e. The van der Waals surface area contributed by atoms with Gasteiger partial charge in [-0.2, -0.15) is 5.10 Å². The van der Waals surface area contributed by atoms with E-state index in [1.165, 1.54) is 13.3 Å². The van der Waals surface area contributed by atoms with Gasteiger partial charge >= 0.3 is 0 Å². The van der Waals surface area contributed by atoms with Crippen molar-refractivity contribution in [1.82, 2.24) is 10.7 Å². The largest absolute Gasteiger partial charge is 0.493 e. The van der Waals surface area contributed by atoms with Crippen molar-refractivity contribution < 1.29 is 23.8 Å². The van der Waals surface area contributed by atoms with Gasteiger partial charge in [-0.3, -0.25) is 9.59 Å². The third kappa shape index (κ3) is 6.83. The van der Waals surface area contributed by atoms with Gasteiger partial charge in [0.2, 0.25) is 0 Å². The normalized spacial score (nSPS) is 11.6. The van der Waals surface area contributed by atoms with E-state index in [1.807, 2.05) is 36.4 Å². The van der Waals surface area contributed by atoms with Crippen LogP contribution in [-0.2, 0) is 9.59 Å². The maximum atomic E-state index is 12.3. The van der Waals surface area contributed by atoms with Crippen LogP contribution < -0.4 is 25.0 Å². The van der Waals surface area contributed by atoms with Gasteiger partial charge in [-0.15, -0.1) is 0 Å². The van der Waals surface area contributed by atoms with Crippen LogP contribution in [0.5, 0.6) is 17.2 Å². The number of hydrazone groups is 1. The van der Waals surface area contributed by atoms with Crippen LogP contribution in [0.25, 0.3) is 10.8 Å². The highest BCUT2D eigenvalue weighted by Crippen LogP contribution is 2.27. The maximum Gasteiger partial charge on any atom is 0.262 e. The molecule has 0 fully saturated rings. The summed E-state index contributed by atoms with van der Waals surface area (Å²) in [6.07, 6.45) is 3.11. The molecule has 8 nitrogen and oxygen atoms in total. The van der Waals surface area contributed by atoms with Crippen molar-refractivity contribution in [2.45, 2.75) is 13.0 Å². The second-order valence-electron chi connectivity index (χ2n) is 7.33. The van der Waals surface area contributed by atoms with Gasteiger partial charge in [-0.05, 0) is 53.6 Å². The molecular weight excluding hydrogens is 434 g/mol. The Hall–Kier alpha value is -4.33. The molecule has 0 unspecified atom stereocenters. The molecule has 0 heterocycles. The average Bonchev–Trinajstić information content (AvgIpc) is 2.86. The van der Waals surface area contributed by atoms with E-state index in [0.29, 0.717) is 29.4 Å². The maximum absolute atomic E-state index is 12.3. The van der Waals surface area contributed by atoms with E-state index in [4.69, 9.17) is 14.2 Å². The number of nitrogens with zero attached hydrogens (tertiary/aromatic N) is 1. The van der Waals surface area contributed by atoms with E-state index in [2.05, 4.69) is 22.4 Å². The molecule has 0 aromatic heterocycles. The van der Waals surface area contributed by atoms with Gasteiger partial charge in [0.15, 0.2) is 18.1 Å². The van der Waals surface area contributed by atoms with Gasteiger partial charge in [0.05, 0.1) is 13.3 Å². The summed E-state index contributed by atoms with van der Waals surface area (Å²) < 4.78 is 16.4. The molecule has 0 aliphatic carbocycles. The van der Waals surface area contributed by atoms with Gasteiger partial charge in [0.1, 0.15) is 18.4 Å². The molecule has 3 aromatic carbocycles. The molecule has 0 saturated heterocycles. The Labute approximate surface area is 198 Å². The third-order valence-corrected chi connectivity index (χ3v) is 4.79. The minimum Gasteiger partial charge on any atom is -0.493 e. The lowest BCUT2D eigenvalue weighted by Gasteiger charge is -2.13. The Bertz CT molecular complexity index is 1190. The standard InChI is InChI=1S/C26H27N3O5/c1-4-13-33-23-12-9-19(14-24(23)32-3)16-27-29-26(31)18(2)28-25(30)17-34-22-11-10-20-7-5-6-8-21(20)15-22/h4-12,14-16,18H,1,13,17H2,2-3H3,(H,28,30)(H,29,31)/b27-16-/t18-/m0/s1. The minimum absolute atomic E-state index is 0.209. The molecule has 2 N–H and O–H groups in total. The van der Waals surface area contributed by atoms with E-state index in [9.17, 15) is 9.59 Å². The number of carbonyl (C=O) groups excluding carboxylic acids is 2. The van der Waals surface area contributed by atoms with Crippen molar-refractivity contribution in [3.63, 3.8) is 0 Å². The zero-order valence-electron chi connectivity index (χ0n) is 19.1. The quantitative estimate of drug-likeness (QED) is 0.259. The van der Waals surface area contributed by atoms with Gasteiger partial charge in [0.25, 0.3) is 11.8 Å². The summed E-state index contributed by atoms with van der Waals surface area (Å²) in [5.41, 5.74) is 3.10. The number of carbonyl (C=O) groups is 2. The molecule has 0 aliphatic heterocycles. The predicted octanol–water partition coefficient (Wildman–Crippen LogP) is 3.45. The second kappa shape index (κ2) is 12.1. The lowest BCUT2D eigenvalue weighted by Crippen LogP contribution is -2.45. The van der Waals surface area contributed by atoms with Gasteiger partial charge in [-0.1, -0.05) is 43.0 Å². The first-order valence-corrected chi connectivity index (χ1v) is 10.7. The number of methoxy groups -OCH3 is 1. The molecule has 0 bridgehead atoms. The highest BCUT2D eigenvalue weighted by Gasteiger charge is 2.15. The lowest BCUT2D eigenvalue weighted by atomic mass is 10.1. The molecule has 176 valence electrons. The fourth-order valence-electron chi connectivity index (χ4n) is 3.05. The van der Waals surface area contributed by atoms with Gasteiger partial charge in [0, 0.05) is 0 Å². The molecule has 0 radical (unpaired) electrons. The van der Waals surface area contributed by atoms with Crippen molar-refractivity contribution >= 4 is 28.8 Å². The van der Waals surface area contributed by atoms with Crippen molar-refractivity contribution in [3.8, 4) is 17.2 Å². The highest BCUT2D eigenvalue weighted by atomic mass is 16.5. The van der Waals surface area contributed by atoms with Crippen LogP contribution in [0, 0.1) is 0 Å². The Morgan fingerprint density at radius 2 is 1.82 bits per heavy atom. The zero-order valence-corrected chi connectivity index (χ0v) is 19.1. The van der Waals surface area contributed by atoms with Crippen molar-refractivity contribution in [3.05, 3.63) is 78.9 Å². The van der Waals surface area contributed by atoms with Crippen molar-refractivity contribution in [1.29, 1.82) is 0 Å². The second-order valence-corrected chi connectivity index (χ2v) is 7.33. The molecule has 1 atom stereocenters. The average molecular weight is 462 g/mol. The molecular formula is C26H27N3O5. The first kappa shape index (κ1) is 24.3. The van der Waals surface area contributed by atoms with E-state index >= 15 is 0 Å². The Morgan fingerprint density at radius 1 is 1.03 bits per heavy atom. The summed E-state index contributed by atoms with van der Waals surface area (Å²) in [6, 6.07) is 17.9. The number of ether oxygens (including phenoxy) is 3. The molecule has 2 amide bonds. The summed E-state index contributed by atoms with van der Waals surface area (Å²) in [5, 5.41) is 8.63. The number of fused-ring (bicyclic) bond motifs is 1. The van der Waals surface area contributed by atoms with E-state index in [1.54, 1.807) is 37.3 Å². The highest BCUT2D eigenvalue weighted by molar-refractivity contribution is 5.89. The van der Waals surface area contributed by atoms with Crippen LogP contribution in [-0.4, -0.2) is 44.4 Å². The number of hydrogen-bond acceptors (Lipinski definition) is 6. The monoisotopic (exact) mass is 461 g/mol. The van der Waals surface area contributed by atoms with Crippen LogP contribution in [0.1, 0.15) is 12.5 Å². The number of nitrogens with one attached hydrogen (secondary N) is 2. The number of rotatable bonds is 11. The summed E-state index contributed by atoms with van der Waals surface area (Å²) in [6.45, 7) is 5.32. The minimum atomic E-state index is -0.797. The predicted molar refractivity (Wildman–Crippen MR) is 131 cm³/mol. The third-order valence-electron chi connectivity index (χ3n) is 4.79. The summed E-state index contributed by atoms with van der Waals surface area (Å²) in [7, 11) is 1.53. The number of amides is 2. The van der Waals surface area contributed by atoms with Crippen LogP contribution >= 0.6 is 0 Å². The molecule has 0 aliphatic rings. The first-order valence-electron chi connectivity index (χ1n) is 10.7. The van der Waals surface area contributed by atoms with Crippen LogP contribution in [0.3, 0.4) is 0 Å². The van der Waals surface area contributed by atoms with Crippen molar-refractivity contribution in [2.24, 2.45) is 5.10 Å². The Balaban J connectivity index is 1.46. The van der Waals surface area contributed by atoms with Crippen LogP contribution in [0.4, 0.5) is 0 Å². The summed E-state index contributed by atoms with van der Waals surface area (Å²) in [4.78, 5) is 24.4. The number of benzene rings is 3. The van der Waals surface area contributed by atoms with E-state index in [0.717, 1.165) is 10.8 Å². The fraction of sp³-hybridized carbons (Fsp3) is 0.192. The molecule has 0 saturated carbocycles. The van der Waals surface area contributed by atoms with Crippen LogP contribution in [0.15, 0.2) is 78.4 Å². The summed E-state index contributed by atoms with van der Waals surface area (Å²) in [5.74, 6) is 0.801. The Kier molecular flexibility index (Phi) is 8.62. The topological polar surface area (TPSA) is 98.2 Å². The molecule has 3 aromatic rings. The van der Waals surface area contributed by atoms with Crippen molar-refractivity contribution in [2.75, 3.05) is 20.3 Å². The SMILES string of the molecule is C=CCOc1ccc(/C=N\NC(=O)[C@H](C)NC(=O)COc2ccc3ccccc3c2)cc1OC. The van der Waals surface area contributed by atoms with E-state index in [-0.39, 0.29) is 6.61 Å². The van der Waals surface area contributed by atoms with Gasteiger partial charge < -0.3 is 19.5 Å². The molecule has 34 heavy (non-hydrogen) atoms. The van der Waals surface area contributed by atoms with Gasteiger partial charge in [-0.25, -0.2) is 5.43 Å². The lowest BCUT2D eigenvalue weighted by molar-refractivity contribution is -0.129. The Morgan fingerprint density at radius 3 is 2.59 bits per heavy atom. The number of hydrogen-bond donors (Lipinski definition) is 2.